The number of carbonyl (C=O) groups excluding carboxylic acids is 1. The number of fused-ring (bicyclic) bond motifs is 1. The van der Waals surface area contributed by atoms with E-state index < -0.39 is 5.97 Å². The summed E-state index contributed by atoms with van der Waals surface area (Å²) in [6, 6.07) is 9.21. The molecule has 0 spiro atoms. The number of aryl methyl sites for hydroxylation is 1. The van der Waals surface area contributed by atoms with E-state index in [1.165, 1.54) is 0 Å². The quantitative estimate of drug-likeness (QED) is 0.626. The molecular weight excluding hydrogens is 394 g/mol. The van der Waals surface area contributed by atoms with E-state index >= 15 is 0 Å². The predicted octanol–water partition coefficient (Wildman–Crippen LogP) is 3.82. The molecule has 0 fully saturated rings. The first kappa shape index (κ1) is 22.5. The van der Waals surface area contributed by atoms with Crippen molar-refractivity contribution in [3.05, 3.63) is 58.4 Å². The Morgan fingerprint density at radius 2 is 1.97 bits per heavy atom. The van der Waals surface area contributed by atoms with E-state index in [4.69, 9.17) is 15.3 Å². The number of carboxylic acids is 1. The molecule has 0 unspecified atom stereocenters. The number of hydrogen-bond acceptors (Lipinski definition) is 5. The van der Waals surface area contributed by atoms with Gasteiger partial charge in [0.15, 0.2) is 5.78 Å². The Kier molecular flexibility index (Phi) is 6.43. The Morgan fingerprint density at radius 1 is 1.23 bits per heavy atom. The minimum atomic E-state index is -0.918. The Labute approximate surface area is 182 Å². The lowest BCUT2D eigenvalue weighted by atomic mass is 9.85. The maximum Gasteiger partial charge on any atom is 0.306 e. The number of amidine groups is 1. The molecule has 31 heavy (non-hydrogen) atoms. The van der Waals surface area contributed by atoms with Gasteiger partial charge in [-0.1, -0.05) is 33.8 Å². The third-order valence-corrected chi connectivity index (χ3v) is 5.32. The number of aromatic nitrogens is 1. The number of carbonyl (C=O) groups is 2. The van der Waals surface area contributed by atoms with Gasteiger partial charge in [-0.3, -0.25) is 15.0 Å². The Morgan fingerprint density at radius 3 is 2.61 bits per heavy atom. The van der Waals surface area contributed by atoms with Crippen molar-refractivity contribution < 1.29 is 19.4 Å². The molecule has 164 valence electrons. The molecule has 2 N–H and O–H groups in total. The van der Waals surface area contributed by atoms with Gasteiger partial charge in [0.2, 0.25) is 0 Å². The van der Waals surface area contributed by atoms with Crippen LogP contribution in [0.4, 0.5) is 0 Å². The number of Topliss-reactive ketones (excluding diaryl/α,β-unsaturated/α-hetero) is 1. The predicted molar refractivity (Wildman–Crippen MR) is 118 cm³/mol. The molecule has 0 saturated heterocycles. The number of nitrogens with zero attached hydrogens (tertiary/aromatic N) is 2. The van der Waals surface area contributed by atoms with Gasteiger partial charge >= 0.3 is 5.97 Å². The monoisotopic (exact) mass is 423 g/mol. The summed E-state index contributed by atoms with van der Waals surface area (Å²) in [7, 11) is 0. The lowest BCUT2D eigenvalue weighted by Gasteiger charge is -2.24. The van der Waals surface area contributed by atoms with Crippen LogP contribution in [-0.4, -0.2) is 45.7 Å². The van der Waals surface area contributed by atoms with Crippen LogP contribution in [0.3, 0.4) is 0 Å². The molecule has 0 aliphatic carbocycles. The average Bonchev–Trinajstić information content (AvgIpc) is 3.01. The van der Waals surface area contributed by atoms with E-state index in [9.17, 15) is 9.59 Å². The molecule has 2 heterocycles. The molecule has 1 aromatic carbocycles. The third kappa shape index (κ3) is 5.10. The summed E-state index contributed by atoms with van der Waals surface area (Å²) in [5.41, 5.74) is 3.66. The van der Waals surface area contributed by atoms with Crippen molar-refractivity contribution in [2.75, 3.05) is 13.2 Å². The number of rotatable bonds is 8. The van der Waals surface area contributed by atoms with E-state index in [2.05, 4.69) is 4.98 Å². The van der Waals surface area contributed by atoms with Crippen LogP contribution in [0.25, 0.3) is 0 Å². The van der Waals surface area contributed by atoms with Crippen LogP contribution in [0.5, 0.6) is 5.75 Å². The van der Waals surface area contributed by atoms with Gasteiger partial charge in [0.1, 0.15) is 17.3 Å². The standard InChI is InChI=1S/C24H29N3O4/c1-5-17-8-6-16-13-27(23(25)22(16)26-17)14-19(28)15-7-9-20(31-11-10-21(29)30)18(12-15)24(2,3)4/h6-9,12,25H,5,10-11,13-14H2,1-4H3,(H,29,30). The van der Waals surface area contributed by atoms with Gasteiger partial charge < -0.3 is 14.7 Å². The van der Waals surface area contributed by atoms with Crippen LogP contribution in [0.15, 0.2) is 30.3 Å². The Balaban J connectivity index is 1.77. The van der Waals surface area contributed by atoms with Gasteiger partial charge in [0.05, 0.1) is 19.6 Å². The van der Waals surface area contributed by atoms with E-state index in [0.717, 1.165) is 23.2 Å². The highest BCUT2D eigenvalue weighted by Crippen LogP contribution is 2.33. The lowest BCUT2D eigenvalue weighted by molar-refractivity contribution is -0.137. The number of hydrogen-bond donors (Lipinski definition) is 2. The Bertz CT molecular complexity index is 1020. The van der Waals surface area contributed by atoms with Crippen LogP contribution in [0, 0.1) is 5.41 Å². The fraction of sp³-hybridized carbons (Fsp3) is 0.417. The average molecular weight is 424 g/mol. The Hall–Kier alpha value is -3.22. The molecule has 3 rings (SSSR count). The molecular formula is C24H29N3O4. The zero-order chi connectivity index (χ0) is 22.8. The normalized spacial score (nSPS) is 13.3. The smallest absolute Gasteiger partial charge is 0.306 e. The number of aliphatic carboxylic acids is 1. The second kappa shape index (κ2) is 8.88. The first-order chi connectivity index (χ1) is 14.6. The minimum Gasteiger partial charge on any atom is -0.493 e. The van der Waals surface area contributed by atoms with E-state index in [0.29, 0.717) is 23.6 Å². The summed E-state index contributed by atoms with van der Waals surface area (Å²) in [5, 5.41) is 17.3. The van der Waals surface area contributed by atoms with Crippen LogP contribution < -0.4 is 4.74 Å². The SMILES string of the molecule is CCc1ccc2c(n1)C(=N)N(CC(=O)c1ccc(OCCC(=O)O)c(C(C)(C)C)c1)C2. The summed E-state index contributed by atoms with van der Waals surface area (Å²) < 4.78 is 5.68. The summed E-state index contributed by atoms with van der Waals surface area (Å²) >= 11 is 0. The second-order valence-corrected chi connectivity index (χ2v) is 8.74. The summed E-state index contributed by atoms with van der Waals surface area (Å²) in [5.74, 6) is -0.138. The largest absolute Gasteiger partial charge is 0.493 e. The highest BCUT2D eigenvalue weighted by atomic mass is 16.5. The van der Waals surface area contributed by atoms with Gasteiger partial charge in [0, 0.05) is 28.9 Å². The molecule has 1 aliphatic heterocycles. The molecule has 0 saturated carbocycles. The van der Waals surface area contributed by atoms with Crippen molar-refractivity contribution in [1.82, 2.24) is 9.88 Å². The molecule has 1 aromatic heterocycles. The molecule has 7 heteroatoms. The number of ether oxygens (including phenoxy) is 1. The number of benzene rings is 1. The fourth-order valence-electron chi connectivity index (χ4n) is 3.56. The first-order valence-corrected chi connectivity index (χ1v) is 10.4. The van der Waals surface area contributed by atoms with E-state index in [1.54, 1.807) is 17.0 Å². The summed E-state index contributed by atoms with van der Waals surface area (Å²) in [6.07, 6.45) is 0.714. The fourth-order valence-corrected chi connectivity index (χ4v) is 3.56. The van der Waals surface area contributed by atoms with E-state index in [1.807, 2.05) is 45.9 Å². The molecule has 1 aliphatic rings. The second-order valence-electron chi connectivity index (χ2n) is 8.74. The number of carboxylic acid groups (broad SMARTS) is 1. The van der Waals surface area contributed by atoms with Gasteiger partial charge in [-0.05, 0) is 36.1 Å². The molecule has 0 radical (unpaired) electrons. The highest BCUT2D eigenvalue weighted by Gasteiger charge is 2.28. The van der Waals surface area contributed by atoms with Crippen LogP contribution in [0.1, 0.15) is 67.0 Å². The van der Waals surface area contributed by atoms with Crippen molar-refractivity contribution in [3.63, 3.8) is 0 Å². The maximum absolute atomic E-state index is 13.0. The molecule has 0 atom stereocenters. The zero-order valence-corrected chi connectivity index (χ0v) is 18.5. The van der Waals surface area contributed by atoms with Crippen molar-refractivity contribution in [2.24, 2.45) is 0 Å². The van der Waals surface area contributed by atoms with Gasteiger partial charge in [0.25, 0.3) is 0 Å². The molecule has 0 amide bonds. The van der Waals surface area contributed by atoms with Gasteiger partial charge in [-0.2, -0.15) is 0 Å². The maximum atomic E-state index is 13.0. The van der Waals surface area contributed by atoms with Crippen LogP contribution >= 0.6 is 0 Å². The molecule has 0 bridgehead atoms. The van der Waals surface area contributed by atoms with Crippen molar-refractivity contribution >= 4 is 17.6 Å². The van der Waals surface area contributed by atoms with Crippen molar-refractivity contribution in [1.29, 1.82) is 5.41 Å². The summed E-state index contributed by atoms with van der Waals surface area (Å²) in [4.78, 5) is 30.1. The molecule has 2 aromatic rings. The topological polar surface area (TPSA) is 104 Å². The van der Waals surface area contributed by atoms with Crippen LogP contribution in [0.2, 0.25) is 0 Å². The van der Waals surface area contributed by atoms with Crippen molar-refractivity contribution in [3.8, 4) is 5.75 Å². The first-order valence-electron chi connectivity index (χ1n) is 10.4. The number of nitrogens with one attached hydrogen (secondary N) is 1. The van der Waals surface area contributed by atoms with Crippen LogP contribution in [-0.2, 0) is 23.2 Å². The summed E-state index contributed by atoms with van der Waals surface area (Å²) in [6.45, 7) is 8.75. The zero-order valence-electron chi connectivity index (χ0n) is 18.5. The van der Waals surface area contributed by atoms with Gasteiger partial charge in [-0.15, -0.1) is 0 Å². The number of pyridine rings is 1. The number of ketones is 1. The van der Waals surface area contributed by atoms with Crippen molar-refractivity contribution in [2.45, 2.75) is 52.5 Å². The lowest BCUT2D eigenvalue weighted by Crippen LogP contribution is -2.30. The molecule has 7 nitrogen and oxygen atoms in total. The van der Waals surface area contributed by atoms with E-state index in [-0.39, 0.29) is 36.6 Å². The van der Waals surface area contributed by atoms with Gasteiger partial charge in [-0.25, -0.2) is 4.98 Å². The highest BCUT2D eigenvalue weighted by molar-refractivity contribution is 6.04. The minimum absolute atomic E-state index is 0.0711. The third-order valence-electron chi connectivity index (χ3n) is 5.32.